The van der Waals surface area contributed by atoms with Gasteiger partial charge in [0.2, 0.25) is 6.79 Å². The van der Waals surface area contributed by atoms with Gasteiger partial charge in [-0.15, -0.1) is 0 Å². The van der Waals surface area contributed by atoms with E-state index >= 15 is 0 Å². The topological polar surface area (TPSA) is 66.0 Å². The Morgan fingerprint density at radius 2 is 1.80 bits per heavy atom. The standard InChI is InChI=1S/C19H21NO5/c1-12(2)25-19(21)18(20-14-5-7-15(22-3)8-6-14)13-4-9-16-17(10-13)24-11-23-16/h4-10,12,18,20H,11H2,1-3H3/t18-/m1/s1. The molecule has 0 unspecified atom stereocenters. The van der Waals surface area contributed by atoms with E-state index in [2.05, 4.69) is 5.32 Å². The van der Waals surface area contributed by atoms with Crippen LogP contribution in [0.5, 0.6) is 17.2 Å². The van der Waals surface area contributed by atoms with Gasteiger partial charge in [0.1, 0.15) is 5.75 Å². The third-order valence-corrected chi connectivity index (χ3v) is 3.72. The van der Waals surface area contributed by atoms with Crippen LogP contribution in [0.4, 0.5) is 5.69 Å². The fourth-order valence-electron chi connectivity index (χ4n) is 2.53. The SMILES string of the molecule is COc1ccc(N[C@@H](C(=O)OC(C)C)c2ccc3c(c2)OCO3)cc1. The smallest absolute Gasteiger partial charge is 0.333 e. The first-order chi connectivity index (χ1) is 12.1. The molecule has 0 saturated carbocycles. The van der Waals surface area contributed by atoms with Crippen molar-refractivity contribution < 1.29 is 23.7 Å². The molecule has 2 aromatic carbocycles. The third kappa shape index (κ3) is 3.96. The van der Waals surface area contributed by atoms with Crippen molar-refractivity contribution >= 4 is 11.7 Å². The molecule has 6 nitrogen and oxygen atoms in total. The second kappa shape index (κ2) is 7.34. The molecule has 1 heterocycles. The number of hydrogen-bond acceptors (Lipinski definition) is 6. The summed E-state index contributed by atoms with van der Waals surface area (Å²) in [6.07, 6.45) is -0.207. The zero-order valence-corrected chi connectivity index (χ0v) is 14.4. The Morgan fingerprint density at radius 3 is 2.48 bits per heavy atom. The van der Waals surface area contributed by atoms with E-state index in [0.29, 0.717) is 11.5 Å². The minimum atomic E-state index is -0.662. The van der Waals surface area contributed by atoms with E-state index in [1.165, 1.54) is 0 Å². The summed E-state index contributed by atoms with van der Waals surface area (Å²) in [7, 11) is 1.61. The number of carbonyl (C=O) groups is 1. The van der Waals surface area contributed by atoms with E-state index < -0.39 is 6.04 Å². The average Bonchev–Trinajstić information content (AvgIpc) is 3.07. The maximum atomic E-state index is 12.6. The zero-order valence-electron chi connectivity index (χ0n) is 14.4. The molecular formula is C19H21NO5. The minimum Gasteiger partial charge on any atom is -0.497 e. The van der Waals surface area contributed by atoms with Gasteiger partial charge < -0.3 is 24.3 Å². The van der Waals surface area contributed by atoms with E-state index in [4.69, 9.17) is 18.9 Å². The van der Waals surface area contributed by atoms with Gasteiger partial charge in [-0.3, -0.25) is 0 Å². The molecule has 3 rings (SSSR count). The summed E-state index contributed by atoms with van der Waals surface area (Å²) in [6, 6.07) is 12.1. The van der Waals surface area contributed by atoms with Gasteiger partial charge in [-0.25, -0.2) is 4.79 Å². The van der Waals surface area contributed by atoms with Crippen LogP contribution in [-0.4, -0.2) is 26.0 Å². The number of ether oxygens (including phenoxy) is 4. The molecule has 25 heavy (non-hydrogen) atoms. The normalized spacial score (nSPS) is 13.4. The van der Waals surface area contributed by atoms with Crippen molar-refractivity contribution in [2.75, 3.05) is 19.2 Å². The van der Waals surface area contributed by atoms with Crippen molar-refractivity contribution in [3.63, 3.8) is 0 Å². The number of methoxy groups -OCH3 is 1. The second-order valence-electron chi connectivity index (χ2n) is 5.90. The van der Waals surface area contributed by atoms with E-state index in [1.54, 1.807) is 19.2 Å². The second-order valence-corrected chi connectivity index (χ2v) is 5.90. The lowest BCUT2D eigenvalue weighted by atomic mass is 10.1. The van der Waals surface area contributed by atoms with Gasteiger partial charge in [-0.05, 0) is 55.8 Å². The lowest BCUT2D eigenvalue weighted by molar-refractivity contribution is -0.148. The fourth-order valence-corrected chi connectivity index (χ4v) is 2.53. The summed E-state index contributed by atoms with van der Waals surface area (Å²) in [5.41, 5.74) is 1.52. The predicted molar refractivity (Wildman–Crippen MR) is 93.2 cm³/mol. The summed E-state index contributed by atoms with van der Waals surface area (Å²) in [6.45, 7) is 3.83. The summed E-state index contributed by atoms with van der Waals surface area (Å²) in [5.74, 6) is 1.68. The number of carbonyl (C=O) groups excluding carboxylic acids is 1. The molecule has 132 valence electrons. The molecule has 0 saturated heterocycles. The van der Waals surface area contributed by atoms with Crippen molar-refractivity contribution in [2.45, 2.75) is 26.0 Å². The number of anilines is 1. The van der Waals surface area contributed by atoms with Crippen molar-refractivity contribution in [1.29, 1.82) is 0 Å². The van der Waals surface area contributed by atoms with Gasteiger partial charge in [0.05, 0.1) is 13.2 Å². The summed E-state index contributed by atoms with van der Waals surface area (Å²) in [4.78, 5) is 12.6. The fraction of sp³-hybridized carbons (Fsp3) is 0.316. The molecule has 0 radical (unpaired) electrons. The molecule has 2 aromatic rings. The van der Waals surface area contributed by atoms with Crippen molar-refractivity contribution in [2.24, 2.45) is 0 Å². The Bertz CT molecular complexity index is 742. The van der Waals surface area contributed by atoms with Gasteiger partial charge in [0.15, 0.2) is 17.5 Å². The van der Waals surface area contributed by atoms with Crippen LogP contribution in [0.1, 0.15) is 25.5 Å². The number of fused-ring (bicyclic) bond motifs is 1. The summed E-state index contributed by atoms with van der Waals surface area (Å²) in [5, 5.41) is 3.22. The molecular weight excluding hydrogens is 322 g/mol. The molecule has 1 aliphatic heterocycles. The monoisotopic (exact) mass is 343 g/mol. The van der Waals surface area contributed by atoms with Gasteiger partial charge in [-0.1, -0.05) is 6.07 Å². The number of benzene rings is 2. The highest BCUT2D eigenvalue weighted by Gasteiger charge is 2.25. The highest BCUT2D eigenvalue weighted by Crippen LogP contribution is 2.35. The van der Waals surface area contributed by atoms with Gasteiger partial charge in [0, 0.05) is 5.69 Å². The number of nitrogens with one attached hydrogen (secondary N) is 1. The van der Waals surface area contributed by atoms with Crippen LogP contribution in [0.25, 0.3) is 0 Å². The third-order valence-electron chi connectivity index (χ3n) is 3.72. The molecule has 0 aromatic heterocycles. The predicted octanol–water partition coefficient (Wildman–Crippen LogP) is 3.53. The first kappa shape index (κ1) is 17.0. The average molecular weight is 343 g/mol. The largest absolute Gasteiger partial charge is 0.497 e. The first-order valence-electron chi connectivity index (χ1n) is 8.07. The molecule has 0 fully saturated rings. The Morgan fingerprint density at radius 1 is 1.08 bits per heavy atom. The van der Waals surface area contributed by atoms with E-state index in [0.717, 1.165) is 17.0 Å². The quantitative estimate of drug-likeness (QED) is 0.810. The zero-order chi connectivity index (χ0) is 17.8. The molecule has 0 amide bonds. The highest BCUT2D eigenvalue weighted by molar-refractivity contribution is 5.81. The van der Waals surface area contributed by atoms with E-state index in [1.807, 2.05) is 44.2 Å². The van der Waals surface area contributed by atoms with Crippen LogP contribution in [-0.2, 0) is 9.53 Å². The molecule has 6 heteroatoms. The summed E-state index contributed by atoms with van der Waals surface area (Å²) < 4.78 is 21.3. The molecule has 1 aliphatic rings. The van der Waals surface area contributed by atoms with Crippen LogP contribution in [0.15, 0.2) is 42.5 Å². The number of esters is 1. The van der Waals surface area contributed by atoms with Crippen LogP contribution in [0.3, 0.4) is 0 Å². The molecule has 0 bridgehead atoms. The number of hydrogen-bond donors (Lipinski definition) is 1. The molecule has 0 aliphatic carbocycles. The number of rotatable bonds is 6. The summed E-state index contributed by atoms with van der Waals surface area (Å²) >= 11 is 0. The Balaban J connectivity index is 1.87. The maximum absolute atomic E-state index is 12.6. The Kier molecular flexibility index (Phi) is 4.97. The van der Waals surface area contributed by atoms with Crippen LogP contribution < -0.4 is 19.5 Å². The first-order valence-corrected chi connectivity index (χ1v) is 8.07. The van der Waals surface area contributed by atoms with Gasteiger partial charge in [0.25, 0.3) is 0 Å². The van der Waals surface area contributed by atoms with Crippen LogP contribution in [0.2, 0.25) is 0 Å². The van der Waals surface area contributed by atoms with Gasteiger partial charge >= 0.3 is 5.97 Å². The van der Waals surface area contributed by atoms with E-state index in [9.17, 15) is 4.79 Å². The minimum absolute atomic E-state index is 0.186. The molecule has 1 N–H and O–H groups in total. The van der Waals surface area contributed by atoms with E-state index in [-0.39, 0.29) is 18.9 Å². The maximum Gasteiger partial charge on any atom is 0.333 e. The Hall–Kier alpha value is -2.89. The lowest BCUT2D eigenvalue weighted by Crippen LogP contribution is -2.25. The van der Waals surface area contributed by atoms with Crippen molar-refractivity contribution in [1.82, 2.24) is 0 Å². The van der Waals surface area contributed by atoms with Crippen LogP contribution in [0, 0.1) is 0 Å². The lowest BCUT2D eigenvalue weighted by Gasteiger charge is -2.21. The Labute approximate surface area is 146 Å². The van der Waals surface area contributed by atoms with Crippen molar-refractivity contribution in [3.8, 4) is 17.2 Å². The van der Waals surface area contributed by atoms with Crippen LogP contribution >= 0.6 is 0 Å². The molecule has 1 atom stereocenters. The highest BCUT2D eigenvalue weighted by atomic mass is 16.7. The molecule has 0 spiro atoms. The van der Waals surface area contributed by atoms with Gasteiger partial charge in [-0.2, -0.15) is 0 Å². The van der Waals surface area contributed by atoms with Crippen molar-refractivity contribution in [3.05, 3.63) is 48.0 Å².